The first-order valence-corrected chi connectivity index (χ1v) is 12.0. The van der Waals surface area contributed by atoms with E-state index in [0.29, 0.717) is 22.2 Å². The van der Waals surface area contributed by atoms with Crippen LogP contribution in [0.15, 0.2) is 82.4 Å². The van der Waals surface area contributed by atoms with Gasteiger partial charge in [-0.25, -0.2) is 9.18 Å². The van der Waals surface area contributed by atoms with Crippen LogP contribution in [-0.4, -0.2) is 13.7 Å². The number of nitrogens with zero attached hydrogens (tertiary/aromatic N) is 3. The maximum absolute atomic E-state index is 15.3. The van der Waals surface area contributed by atoms with Crippen molar-refractivity contribution in [3.05, 3.63) is 116 Å². The van der Waals surface area contributed by atoms with Gasteiger partial charge in [-0.15, -0.1) is 0 Å². The van der Waals surface area contributed by atoms with Gasteiger partial charge in [0.25, 0.3) is 5.56 Å². The Morgan fingerprint density at radius 2 is 1.58 bits per heavy atom. The molecule has 3 heterocycles. The van der Waals surface area contributed by atoms with Crippen LogP contribution in [0, 0.1) is 5.82 Å². The summed E-state index contributed by atoms with van der Waals surface area (Å²) in [5, 5.41) is 3.93. The zero-order valence-corrected chi connectivity index (χ0v) is 20.2. The van der Waals surface area contributed by atoms with Crippen molar-refractivity contribution in [1.29, 1.82) is 0 Å². The van der Waals surface area contributed by atoms with Crippen molar-refractivity contribution in [3.63, 3.8) is 0 Å². The standard InChI is InChI=1S/C29H25FN4O2/c1-4-17-13-15-18(16-14-17)24-27-26-23(28(35)33(3)29(36)32(26)2)25(19-9-5-6-10-20(19)30)34(27)22-12-8-7-11-21(22)31-24/h5-16,24,31H,4H2,1-3H3/t24-/m0/s1. The molecule has 0 aliphatic carbocycles. The number of hydrogen-bond donors (Lipinski definition) is 1. The van der Waals surface area contributed by atoms with Crippen molar-refractivity contribution in [1.82, 2.24) is 13.7 Å². The molecule has 0 bridgehead atoms. The lowest BCUT2D eigenvalue weighted by atomic mass is 9.98. The molecule has 0 spiro atoms. The quantitative estimate of drug-likeness (QED) is 0.399. The first kappa shape index (κ1) is 22.1. The van der Waals surface area contributed by atoms with Gasteiger partial charge in [0.15, 0.2) is 0 Å². The van der Waals surface area contributed by atoms with Gasteiger partial charge in [-0.05, 0) is 41.8 Å². The molecule has 36 heavy (non-hydrogen) atoms. The molecular formula is C29H25FN4O2. The van der Waals surface area contributed by atoms with Crippen LogP contribution < -0.4 is 16.6 Å². The summed E-state index contributed by atoms with van der Waals surface area (Å²) >= 11 is 0. The Balaban J connectivity index is 1.84. The molecule has 3 aromatic carbocycles. The minimum Gasteiger partial charge on any atom is -0.371 e. The van der Waals surface area contributed by atoms with E-state index in [4.69, 9.17) is 0 Å². The monoisotopic (exact) mass is 480 g/mol. The van der Waals surface area contributed by atoms with E-state index in [0.717, 1.165) is 33.6 Å². The summed E-state index contributed by atoms with van der Waals surface area (Å²) in [6.45, 7) is 2.11. The summed E-state index contributed by atoms with van der Waals surface area (Å²) < 4.78 is 19.9. The van der Waals surface area contributed by atoms with Gasteiger partial charge in [0.2, 0.25) is 0 Å². The number of rotatable bonds is 3. The van der Waals surface area contributed by atoms with Gasteiger partial charge in [-0.1, -0.05) is 55.5 Å². The van der Waals surface area contributed by atoms with Crippen LogP contribution in [-0.2, 0) is 20.5 Å². The lowest BCUT2D eigenvalue weighted by Gasteiger charge is -2.31. The molecule has 0 amide bonds. The van der Waals surface area contributed by atoms with Crippen molar-refractivity contribution >= 4 is 16.6 Å². The van der Waals surface area contributed by atoms with Crippen LogP contribution in [0.5, 0.6) is 0 Å². The Labute approximate surface area is 206 Å². The predicted octanol–water partition coefficient (Wildman–Crippen LogP) is 4.91. The highest BCUT2D eigenvalue weighted by atomic mass is 19.1. The van der Waals surface area contributed by atoms with E-state index in [2.05, 4.69) is 36.5 Å². The molecule has 0 saturated carbocycles. The minimum absolute atomic E-state index is 0.307. The first-order chi connectivity index (χ1) is 17.4. The number of nitrogens with one attached hydrogen (secondary N) is 1. The van der Waals surface area contributed by atoms with Crippen LogP contribution in [0.25, 0.3) is 27.8 Å². The Morgan fingerprint density at radius 1 is 0.889 bits per heavy atom. The number of anilines is 1. The van der Waals surface area contributed by atoms with E-state index in [1.165, 1.54) is 23.2 Å². The molecule has 0 radical (unpaired) electrons. The SMILES string of the molecule is CCc1ccc([C@@H]2Nc3ccccc3-n3c(-c4ccccc4F)c4c(=O)n(C)c(=O)n(C)c4c32)cc1. The number of benzene rings is 3. The van der Waals surface area contributed by atoms with E-state index in [9.17, 15) is 9.59 Å². The van der Waals surface area contributed by atoms with Gasteiger partial charge in [0.1, 0.15) is 5.82 Å². The van der Waals surface area contributed by atoms with Gasteiger partial charge < -0.3 is 9.88 Å². The highest BCUT2D eigenvalue weighted by molar-refractivity contribution is 5.99. The second kappa shape index (κ2) is 8.09. The first-order valence-electron chi connectivity index (χ1n) is 12.0. The molecule has 0 saturated heterocycles. The summed E-state index contributed by atoms with van der Waals surface area (Å²) in [4.78, 5) is 26.8. The van der Waals surface area contributed by atoms with E-state index < -0.39 is 17.1 Å². The maximum Gasteiger partial charge on any atom is 0.331 e. The largest absolute Gasteiger partial charge is 0.371 e. The van der Waals surface area contributed by atoms with Crippen molar-refractivity contribution < 1.29 is 4.39 Å². The van der Waals surface area contributed by atoms with Gasteiger partial charge >= 0.3 is 5.69 Å². The topological polar surface area (TPSA) is 61.0 Å². The Morgan fingerprint density at radius 3 is 2.31 bits per heavy atom. The van der Waals surface area contributed by atoms with E-state index in [-0.39, 0.29) is 6.04 Å². The fourth-order valence-electron chi connectivity index (χ4n) is 5.32. The molecule has 180 valence electrons. The lowest BCUT2D eigenvalue weighted by Crippen LogP contribution is -2.37. The van der Waals surface area contributed by atoms with Crippen molar-refractivity contribution in [2.45, 2.75) is 19.4 Å². The number of halogens is 1. The molecule has 1 N–H and O–H groups in total. The third-order valence-electron chi connectivity index (χ3n) is 7.18. The van der Waals surface area contributed by atoms with Crippen molar-refractivity contribution in [2.75, 3.05) is 5.32 Å². The molecule has 6 nitrogen and oxygen atoms in total. The zero-order chi connectivity index (χ0) is 25.1. The summed E-state index contributed by atoms with van der Waals surface area (Å²) in [6, 6.07) is 22.1. The number of aromatic nitrogens is 3. The molecule has 6 rings (SSSR count). The summed E-state index contributed by atoms with van der Waals surface area (Å²) in [5.74, 6) is -0.435. The molecule has 5 aromatic rings. The van der Waals surface area contributed by atoms with Crippen molar-refractivity contribution in [2.24, 2.45) is 14.1 Å². The molecule has 1 aliphatic rings. The second-order valence-corrected chi connectivity index (χ2v) is 9.17. The molecule has 1 aliphatic heterocycles. The maximum atomic E-state index is 15.3. The van der Waals surface area contributed by atoms with Crippen LogP contribution in [0.1, 0.15) is 29.8 Å². The molecule has 1 atom stereocenters. The fourth-order valence-corrected chi connectivity index (χ4v) is 5.32. The molecule has 0 unspecified atom stereocenters. The predicted molar refractivity (Wildman–Crippen MR) is 140 cm³/mol. The number of fused-ring (bicyclic) bond motifs is 5. The third kappa shape index (κ3) is 3.02. The Hall–Kier alpha value is -4.39. The highest BCUT2D eigenvalue weighted by Gasteiger charge is 2.35. The summed E-state index contributed by atoms with van der Waals surface area (Å²) in [5.41, 5.74) is 4.92. The van der Waals surface area contributed by atoms with Crippen LogP contribution >= 0.6 is 0 Å². The molecule has 0 fully saturated rings. The fraction of sp³-hybridized carbons (Fsp3) is 0.172. The van der Waals surface area contributed by atoms with Gasteiger partial charge in [-0.3, -0.25) is 13.9 Å². The molecular weight excluding hydrogens is 455 g/mol. The Kier molecular flexibility index (Phi) is 4.96. The van der Waals surface area contributed by atoms with E-state index >= 15 is 4.39 Å². The Bertz CT molecular complexity index is 1780. The number of aryl methyl sites for hydroxylation is 2. The van der Waals surface area contributed by atoms with E-state index in [1.54, 1.807) is 25.2 Å². The number of hydrogen-bond acceptors (Lipinski definition) is 3. The van der Waals surface area contributed by atoms with Gasteiger partial charge in [0.05, 0.1) is 39.7 Å². The smallest absolute Gasteiger partial charge is 0.331 e. The zero-order valence-electron chi connectivity index (χ0n) is 20.2. The summed E-state index contributed by atoms with van der Waals surface area (Å²) in [6.07, 6.45) is 0.919. The van der Waals surface area contributed by atoms with Gasteiger partial charge in [0, 0.05) is 19.7 Å². The highest BCUT2D eigenvalue weighted by Crippen LogP contribution is 2.45. The van der Waals surface area contributed by atoms with Gasteiger partial charge in [-0.2, -0.15) is 0 Å². The second-order valence-electron chi connectivity index (χ2n) is 9.17. The average Bonchev–Trinajstić information content (AvgIpc) is 3.27. The van der Waals surface area contributed by atoms with Crippen LogP contribution in [0.3, 0.4) is 0 Å². The molecule has 2 aromatic heterocycles. The van der Waals surface area contributed by atoms with Crippen molar-refractivity contribution in [3.8, 4) is 16.9 Å². The minimum atomic E-state index is -0.453. The average molecular weight is 481 g/mol. The summed E-state index contributed by atoms with van der Waals surface area (Å²) in [7, 11) is 3.12. The molecule has 7 heteroatoms. The normalized spacial score (nSPS) is 14.4. The lowest BCUT2D eigenvalue weighted by molar-refractivity contribution is 0.630. The van der Waals surface area contributed by atoms with Crippen LogP contribution in [0.2, 0.25) is 0 Å². The number of para-hydroxylation sites is 2. The van der Waals surface area contributed by atoms with E-state index in [1.807, 2.05) is 28.8 Å². The third-order valence-corrected chi connectivity index (χ3v) is 7.18. The van der Waals surface area contributed by atoms with Crippen LogP contribution in [0.4, 0.5) is 10.1 Å².